The fourth-order valence-electron chi connectivity index (χ4n) is 3.81. The molecule has 1 aliphatic rings. The van der Waals surface area contributed by atoms with Crippen LogP contribution >= 0.6 is 15.9 Å². The largest absolute Gasteiger partial charge is 0.528 e. The van der Waals surface area contributed by atoms with E-state index in [0.717, 1.165) is 21.2 Å². The van der Waals surface area contributed by atoms with E-state index in [1.165, 1.54) is 0 Å². The molecule has 0 fully saturated rings. The summed E-state index contributed by atoms with van der Waals surface area (Å²) in [4.78, 5) is 29.3. The Morgan fingerprint density at radius 2 is 1.76 bits per heavy atom. The number of halogens is 1. The number of carboxylic acids is 1. The highest BCUT2D eigenvalue weighted by Gasteiger charge is 2.34. The van der Waals surface area contributed by atoms with Crippen molar-refractivity contribution < 1.29 is 29.0 Å². The highest BCUT2D eigenvalue weighted by atomic mass is 79.9. The third kappa shape index (κ3) is 5.71. The number of aliphatic carboxylic acids is 1. The van der Waals surface area contributed by atoms with Crippen LogP contribution in [0.4, 0.5) is 4.79 Å². The van der Waals surface area contributed by atoms with Crippen molar-refractivity contribution in [1.29, 1.82) is 0 Å². The molecule has 0 radical (unpaired) electrons. The first-order valence-electron chi connectivity index (χ1n) is 10.4. The lowest BCUT2D eigenvalue weighted by Crippen LogP contribution is -2.38. The lowest BCUT2D eigenvalue weighted by atomic mass is 9.89. The van der Waals surface area contributed by atoms with Crippen LogP contribution in [0.5, 0.6) is 5.75 Å². The van der Waals surface area contributed by atoms with Crippen molar-refractivity contribution in [3.05, 3.63) is 99.5 Å². The molecule has 3 aromatic carbocycles. The molecule has 1 unspecified atom stereocenters. The van der Waals surface area contributed by atoms with Crippen molar-refractivity contribution >= 4 is 28.1 Å². The van der Waals surface area contributed by atoms with E-state index in [4.69, 9.17) is 19.4 Å². The molecule has 1 heterocycles. The molecule has 33 heavy (non-hydrogen) atoms. The third-order valence-electron chi connectivity index (χ3n) is 5.25. The minimum absolute atomic E-state index is 0.0959. The van der Waals surface area contributed by atoms with E-state index >= 15 is 0 Å². The van der Waals surface area contributed by atoms with Gasteiger partial charge in [0, 0.05) is 16.6 Å². The monoisotopic (exact) mass is 511 g/mol. The quantitative estimate of drug-likeness (QED) is 0.440. The number of hydrogen-bond donors (Lipinski definition) is 1. The van der Waals surface area contributed by atoms with Crippen molar-refractivity contribution in [2.45, 2.75) is 19.1 Å². The molecular formula is C25H22BrNO6. The number of nitrogens with zero attached hydrogens (tertiary/aromatic N) is 1. The van der Waals surface area contributed by atoms with E-state index in [2.05, 4.69) is 15.9 Å². The first-order valence-corrected chi connectivity index (χ1v) is 11.2. The summed E-state index contributed by atoms with van der Waals surface area (Å²) >= 11 is 3.48. The van der Waals surface area contributed by atoms with E-state index in [1.807, 2.05) is 60.7 Å². The summed E-state index contributed by atoms with van der Waals surface area (Å²) in [6.45, 7) is 0.0502. The van der Waals surface area contributed by atoms with Gasteiger partial charge in [0.25, 0.3) is 0 Å². The molecule has 0 saturated heterocycles. The van der Waals surface area contributed by atoms with E-state index in [0.29, 0.717) is 24.3 Å². The fourth-order valence-corrected chi connectivity index (χ4v) is 4.19. The number of ether oxygens (including phenoxy) is 2. The van der Waals surface area contributed by atoms with E-state index < -0.39 is 24.8 Å². The average Bonchev–Trinajstić information content (AvgIpc) is 2.82. The van der Waals surface area contributed by atoms with Gasteiger partial charge in [-0.1, -0.05) is 70.5 Å². The van der Waals surface area contributed by atoms with Crippen LogP contribution in [0.15, 0.2) is 77.3 Å². The number of fused-ring (bicyclic) bond motifs is 1. The van der Waals surface area contributed by atoms with Gasteiger partial charge in [-0.2, -0.15) is 0 Å². The Kier molecular flexibility index (Phi) is 7.26. The van der Waals surface area contributed by atoms with Crippen molar-refractivity contribution in [2.75, 3.05) is 13.2 Å². The molecule has 0 saturated carbocycles. The first kappa shape index (κ1) is 22.8. The molecule has 4 rings (SSSR count). The maximum atomic E-state index is 12.5. The molecule has 8 heteroatoms. The van der Waals surface area contributed by atoms with Gasteiger partial charge in [0.15, 0.2) is 6.61 Å². The van der Waals surface area contributed by atoms with Gasteiger partial charge in [-0.25, -0.2) is 9.59 Å². The SMILES string of the molecule is O=C(O)COc1ccc(Br)cc1C1c2ccccc2CCN1OC(=O)OCc1ccccc1. The summed E-state index contributed by atoms with van der Waals surface area (Å²) in [6.07, 6.45) is -0.135. The Bertz CT molecular complexity index is 1140. The van der Waals surface area contributed by atoms with Crippen LogP contribution in [0.2, 0.25) is 0 Å². The van der Waals surface area contributed by atoms with Crippen LogP contribution in [0.25, 0.3) is 0 Å². The predicted molar refractivity (Wildman–Crippen MR) is 124 cm³/mol. The van der Waals surface area contributed by atoms with E-state index in [9.17, 15) is 9.59 Å². The summed E-state index contributed by atoms with van der Waals surface area (Å²) < 4.78 is 11.7. The zero-order chi connectivity index (χ0) is 23.2. The summed E-state index contributed by atoms with van der Waals surface area (Å²) in [5, 5.41) is 10.6. The van der Waals surface area contributed by atoms with Crippen LogP contribution < -0.4 is 4.74 Å². The molecule has 170 valence electrons. The number of benzene rings is 3. The lowest BCUT2D eigenvalue weighted by Gasteiger charge is -2.36. The number of rotatable bonds is 7. The molecule has 1 N–H and O–H groups in total. The van der Waals surface area contributed by atoms with Gasteiger partial charge in [0.1, 0.15) is 12.4 Å². The Morgan fingerprint density at radius 1 is 1.00 bits per heavy atom. The van der Waals surface area contributed by atoms with Gasteiger partial charge in [-0.3, -0.25) is 0 Å². The van der Waals surface area contributed by atoms with Gasteiger partial charge >= 0.3 is 12.1 Å². The first-order chi connectivity index (χ1) is 16.0. The van der Waals surface area contributed by atoms with Crippen molar-refractivity contribution in [3.63, 3.8) is 0 Å². The Balaban J connectivity index is 1.62. The predicted octanol–water partition coefficient (Wildman–Crippen LogP) is 5.13. The smallest absolute Gasteiger partial charge is 0.482 e. The van der Waals surface area contributed by atoms with Crippen LogP contribution in [0, 0.1) is 0 Å². The molecule has 0 amide bonds. The molecule has 0 bridgehead atoms. The van der Waals surface area contributed by atoms with E-state index in [1.54, 1.807) is 17.2 Å². The molecule has 0 aromatic heterocycles. The number of hydrogen-bond acceptors (Lipinski definition) is 6. The molecule has 1 atom stereocenters. The number of carbonyl (C=O) groups is 2. The maximum Gasteiger partial charge on any atom is 0.528 e. The highest BCUT2D eigenvalue weighted by molar-refractivity contribution is 9.10. The second kappa shape index (κ2) is 10.5. The normalized spacial score (nSPS) is 15.4. The Hall–Kier alpha value is -3.36. The highest BCUT2D eigenvalue weighted by Crippen LogP contribution is 2.40. The topological polar surface area (TPSA) is 85.3 Å². The number of hydroxylamine groups is 2. The number of carbonyl (C=O) groups excluding carboxylic acids is 1. The standard InChI is InChI=1S/C25H22BrNO6/c26-19-10-11-22(31-16-23(28)29)21(14-19)24-20-9-5-4-8-18(20)12-13-27(24)33-25(30)32-15-17-6-2-1-3-7-17/h1-11,14,24H,12-13,15-16H2,(H,28,29). The zero-order valence-electron chi connectivity index (χ0n) is 17.6. The second-order valence-electron chi connectivity index (χ2n) is 7.47. The molecule has 3 aromatic rings. The average molecular weight is 512 g/mol. The number of carboxylic acid groups (broad SMARTS) is 1. The molecule has 0 aliphatic carbocycles. The van der Waals surface area contributed by atoms with Gasteiger partial charge in [-0.05, 0) is 41.3 Å². The summed E-state index contributed by atoms with van der Waals surface area (Å²) in [6, 6.07) is 22.0. The van der Waals surface area contributed by atoms with Crippen LogP contribution in [0.3, 0.4) is 0 Å². The Labute approximate surface area is 199 Å². The summed E-state index contributed by atoms with van der Waals surface area (Å²) in [5.74, 6) is -0.681. The molecule has 0 spiro atoms. The van der Waals surface area contributed by atoms with Gasteiger partial charge in [0.2, 0.25) is 0 Å². The second-order valence-corrected chi connectivity index (χ2v) is 8.39. The minimum Gasteiger partial charge on any atom is -0.482 e. The molecular weight excluding hydrogens is 490 g/mol. The van der Waals surface area contributed by atoms with Crippen LogP contribution in [-0.2, 0) is 27.4 Å². The van der Waals surface area contributed by atoms with Crippen LogP contribution in [0.1, 0.15) is 28.3 Å². The van der Waals surface area contributed by atoms with Gasteiger partial charge < -0.3 is 19.4 Å². The van der Waals surface area contributed by atoms with Crippen molar-refractivity contribution in [3.8, 4) is 5.75 Å². The van der Waals surface area contributed by atoms with Crippen molar-refractivity contribution in [2.24, 2.45) is 0 Å². The van der Waals surface area contributed by atoms with E-state index in [-0.39, 0.29) is 6.61 Å². The minimum atomic E-state index is -1.08. The summed E-state index contributed by atoms with van der Waals surface area (Å²) in [7, 11) is 0. The van der Waals surface area contributed by atoms with Gasteiger partial charge in [-0.15, -0.1) is 5.06 Å². The Morgan fingerprint density at radius 3 is 2.55 bits per heavy atom. The van der Waals surface area contributed by atoms with Gasteiger partial charge in [0.05, 0.1) is 6.04 Å². The van der Waals surface area contributed by atoms with Crippen molar-refractivity contribution in [1.82, 2.24) is 5.06 Å². The maximum absolute atomic E-state index is 12.5. The zero-order valence-corrected chi connectivity index (χ0v) is 19.2. The molecule has 1 aliphatic heterocycles. The summed E-state index contributed by atoms with van der Waals surface area (Å²) in [5.41, 5.74) is 3.59. The molecule has 7 nitrogen and oxygen atoms in total. The van der Waals surface area contributed by atoms with Crippen LogP contribution in [-0.4, -0.2) is 35.4 Å². The lowest BCUT2D eigenvalue weighted by molar-refractivity contribution is -0.152. The third-order valence-corrected chi connectivity index (χ3v) is 5.74. The fraction of sp³-hybridized carbons (Fsp3) is 0.200.